The van der Waals surface area contributed by atoms with Gasteiger partial charge >= 0.3 is 0 Å². The molecular weight excluding hydrogens is 271 g/mol. The lowest BCUT2D eigenvalue weighted by Crippen LogP contribution is -2.24. The number of nitrogens with zero attached hydrogens (tertiary/aromatic N) is 1. The zero-order valence-corrected chi connectivity index (χ0v) is 9.77. The van der Waals surface area contributed by atoms with E-state index < -0.39 is 6.43 Å². The number of hydrogen-bond donors (Lipinski definition) is 0. The van der Waals surface area contributed by atoms with Crippen LogP contribution in [0, 0.1) is 5.82 Å². The summed E-state index contributed by atoms with van der Waals surface area (Å²) in [6, 6.07) is 4.38. The van der Waals surface area contributed by atoms with Crippen molar-refractivity contribution in [2.24, 2.45) is 0 Å². The smallest absolute Gasteiger partial charge is 0.251 e. The van der Waals surface area contributed by atoms with Crippen LogP contribution in [0.4, 0.5) is 13.2 Å². The van der Waals surface area contributed by atoms with Crippen molar-refractivity contribution in [3.63, 3.8) is 0 Å². The van der Waals surface area contributed by atoms with Gasteiger partial charge in [-0.15, -0.1) is 0 Å². The lowest BCUT2D eigenvalue weighted by molar-refractivity contribution is 0.0975. The first-order valence-electron chi connectivity index (χ1n) is 4.39. The lowest BCUT2D eigenvalue weighted by Gasteiger charge is -2.16. The number of hydrogen-bond acceptors (Lipinski definition) is 1. The van der Waals surface area contributed by atoms with Gasteiger partial charge in [0, 0.05) is 11.0 Å². The Kier molecular flexibility index (Phi) is 4.60. The molecule has 0 fully saturated rings. The van der Waals surface area contributed by atoms with Crippen LogP contribution in [0.1, 0.15) is 5.56 Å². The van der Waals surface area contributed by atoms with Gasteiger partial charge in [-0.25, -0.2) is 13.2 Å². The predicted octanol–water partition coefficient (Wildman–Crippen LogP) is 3.29. The topological polar surface area (TPSA) is 3.24 Å². The van der Waals surface area contributed by atoms with Gasteiger partial charge in [-0.3, -0.25) is 4.90 Å². The van der Waals surface area contributed by atoms with E-state index in [2.05, 4.69) is 15.9 Å². The third kappa shape index (κ3) is 4.66. The van der Waals surface area contributed by atoms with E-state index in [0.29, 0.717) is 16.6 Å². The molecule has 1 aromatic rings. The molecule has 0 aliphatic rings. The normalized spacial score (nSPS) is 11.4. The van der Waals surface area contributed by atoms with Gasteiger partial charge in [0.05, 0.1) is 6.54 Å². The van der Waals surface area contributed by atoms with Crippen molar-refractivity contribution < 1.29 is 13.2 Å². The van der Waals surface area contributed by atoms with Crippen molar-refractivity contribution in [3.05, 3.63) is 34.1 Å². The fraction of sp³-hybridized carbons (Fsp3) is 0.400. The van der Waals surface area contributed by atoms with Crippen LogP contribution in [0.2, 0.25) is 0 Å². The second-order valence-corrected chi connectivity index (χ2v) is 4.28. The average molecular weight is 282 g/mol. The van der Waals surface area contributed by atoms with Gasteiger partial charge in [-0.2, -0.15) is 0 Å². The van der Waals surface area contributed by atoms with E-state index >= 15 is 0 Å². The third-order valence-electron chi connectivity index (χ3n) is 1.82. The van der Waals surface area contributed by atoms with Gasteiger partial charge in [0.25, 0.3) is 6.43 Å². The van der Waals surface area contributed by atoms with E-state index in [-0.39, 0.29) is 12.4 Å². The molecule has 0 aromatic heterocycles. The minimum absolute atomic E-state index is 0.306. The van der Waals surface area contributed by atoms with Crippen LogP contribution in [0.15, 0.2) is 22.7 Å². The van der Waals surface area contributed by atoms with Gasteiger partial charge < -0.3 is 0 Å². The van der Waals surface area contributed by atoms with Crippen LogP contribution < -0.4 is 0 Å². The highest BCUT2D eigenvalue weighted by atomic mass is 79.9. The zero-order valence-electron chi connectivity index (χ0n) is 8.18. The van der Waals surface area contributed by atoms with E-state index in [9.17, 15) is 13.2 Å². The van der Waals surface area contributed by atoms with Gasteiger partial charge in [0.2, 0.25) is 0 Å². The number of halogens is 4. The summed E-state index contributed by atoms with van der Waals surface area (Å²) >= 11 is 3.15. The second-order valence-electron chi connectivity index (χ2n) is 3.37. The molecule has 0 heterocycles. The highest BCUT2D eigenvalue weighted by Gasteiger charge is 2.08. The lowest BCUT2D eigenvalue weighted by atomic mass is 10.2. The quantitative estimate of drug-likeness (QED) is 0.819. The molecule has 5 heteroatoms. The molecule has 0 unspecified atom stereocenters. The van der Waals surface area contributed by atoms with Crippen molar-refractivity contribution in [2.75, 3.05) is 13.6 Å². The number of alkyl halides is 2. The molecule has 0 spiro atoms. The Morgan fingerprint density at radius 3 is 2.53 bits per heavy atom. The molecule has 1 aromatic carbocycles. The highest BCUT2D eigenvalue weighted by molar-refractivity contribution is 9.10. The SMILES string of the molecule is CN(Cc1cc(F)cc(Br)c1)CC(F)F. The van der Waals surface area contributed by atoms with Crippen molar-refractivity contribution in [2.45, 2.75) is 13.0 Å². The highest BCUT2D eigenvalue weighted by Crippen LogP contribution is 2.16. The van der Waals surface area contributed by atoms with Crippen LogP contribution in [0.3, 0.4) is 0 Å². The second kappa shape index (κ2) is 5.51. The molecule has 0 saturated carbocycles. The van der Waals surface area contributed by atoms with Gasteiger partial charge in [0.15, 0.2) is 0 Å². The zero-order chi connectivity index (χ0) is 11.4. The van der Waals surface area contributed by atoms with Gasteiger partial charge in [0.1, 0.15) is 5.82 Å². The fourth-order valence-corrected chi connectivity index (χ4v) is 1.83. The van der Waals surface area contributed by atoms with Crippen molar-refractivity contribution in [3.8, 4) is 0 Å². The first-order valence-corrected chi connectivity index (χ1v) is 5.18. The summed E-state index contributed by atoms with van der Waals surface area (Å²) in [5.41, 5.74) is 0.671. The maximum atomic E-state index is 12.9. The van der Waals surface area contributed by atoms with Crippen LogP contribution in [-0.2, 0) is 6.54 Å². The van der Waals surface area contributed by atoms with E-state index in [4.69, 9.17) is 0 Å². The summed E-state index contributed by atoms with van der Waals surface area (Å²) in [5.74, 6) is -0.371. The standard InChI is InChI=1S/C10H11BrF3N/c1-15(6-10(13)14)5-7-2-8(11)4-9(12)3-7/h2-4,10H,5-6H2,1H3. The Bertz CT molecular complexity index is 310. The van der Waals surface area contributed by atoms with E-state index in [0.717, 1.165) is 0 Å². The van der Waals surface area contributed by atoms with Crippen molar-refractivity contribution >= 4 is 15.9 Å². The molecule has 0 amide bonds. The first-order chi connectivity index (χ1) is 6.97. The van der Waals surface area contributed by atoms with Gasteiger partial charge in [-0.05, 0) is 30.8 Å². The molecule has 1 nitrogen and oxygen atoms in total. The summed E-state index contributed by atoms with van der Waals surface area (Å²) < 4.78 is 37.6. The maximum absolute atomic E-state index is 12.9. The van der Waals surface area contributed by atoms with E-state index in [1.54, 1.807) is 13.1 Å². The Labute approximate surface area is 95.0 Å². The van der Waals surface area contributed by atoms with E-state index in [1.807, 2.05) is 0 Å². The molecule has 84 valence electrons. The molecule has 0 N–H and O–H groups in total. The fourth-order valence-electron chi connectivity index (χ4n) is 1.31. The molecule has 0 aliphatic carbocycles. The first kappa shape index (κ1) is 12.5. The number of rotatable bonds is 4. The largest absolute Gasteiger partial charge is 0.297 e. The van der Waals surface area contributed by atoms with Crippen LogP contribution in [-0.4, -0.2) is 24.9 Å². The average Bonchev–Trinajstić information content (AvgIpc) is 1.98. The molecule has 1 rings (SSSR count). The summed E-state index contributed by atoms with van der Waals surface area (Å²) in [6.45, 7) is -0.00513. The molecule has 0 radical (unpaired) electrons. The maximum Gasteiger partial charge on any atom is 0.251 e. The summed E-state index contributed by atoms with van der Waals surface area (Å²) in [5, 5.41) is 0. The van der Waals surface area contributed by atoms with Crippen LogP contribution in [0.5, 0.6) is 0 Å². The molecule has 0 bridgehead atoms. The minimum atomic E-state index is -2.37. The van der Waals surface area contributed by atoms with Crippen molar-refractivity contribution in [1.29, 1.82) is 0 Å². The Morgan fingerprint density at radius 1 is 1.33 bits per heavy atom. The predicted molar refractivity (Wildman–Crippen MR) is 56.4 cm³/mol. The summed E-state index contributed by atoms with van der Waals surface area (Å²) in [6.07, 6.45) is -2.37. The molecule has 15 heavy (non-hydrogen) atoms. The van der Waals surface area contributed by atoms with E-state index in [1.165, 1.54) is 17.0 Å². The molecule has 0 atom stereocenters. The summed E-state index contributed by atoms with van der Waals surface area (Å²) in [7, 11) is 1.57. The summed E-state index contributed by atoms with van der Waals surface area (Å²) in [4.78, 5) is 1.45. The minimum Gasteiger partial charge on any atom is -0.297 e. The van der Waals surface area contributed by atoms with Gasteiger partial charge in [-0.1, -0.05) is 15.9 Å². The van der Waals surface area contributed by atoms with Crippen LogP contribution in [0.25, 0.3) is 0 Å². The Morgan fingerprint density at radius 2 is 2.00 bits per heavy atom. The monoisotopic (exact) mass is 281 g/mol. The molecule has 0 aliphatic heterocycles. The molecular formula is C10H11BrF3N. The Balaban J connectivity index is 2.63. The number of benzene rings is 1. The third-order valence-corrected chi connectivity index (χ3v) is 2.28. The van der Waals surface area contributed by atoms with Crippen LogP contribution >= 0.6 is 15.9 Å². The molecule has 0 saturated heterocycles. The van der Waals surface area contributed by atoms with Crippen molar-refractivity contribution in [1.82, 2.24) is 4.90 Å². The Hall–Kier alpha value is -0.550.